The summed E-state index contributed by atoms with van der Waals surface area (Å²) in [6, 6.07) is 0. The zero-order valence-electron chi connectivity index (χ0n) is 7.19. The van der Waals surface area contributed by atoms with Crippen molar-refractivity contribution in [3.05, 3.63) is 0 Å². The predicted octanol–water partition coefficient (Wildman–Crippen LogP) is -1.26. The molecule has 0 saturated heterocycles. The van der Waals surface area contributed by atoms with Gasteiger partial charge in [0.05, 0.1) is 0 Å². The first-order valence-electron chi connectivity index (χ1n) is 2.59. The van der Waals surface area contributed by atoms with Crippen molar-refractivity contribution in [2.45, 2.75) is 27.2 Å². The Morgan fingerprint density at radius 3 is 2.00 bits per heavy atom. The molecule has 0 unspecified atom stereocenters. The Morgan fingerprint density at radius 1 is 1.62 bits per heavy atom. The summed E-state index contributed by atoms with van der Waals surface area (Å²) in [5.41, 5.74) is -0.0972. The average molecular weight is 124 g/mol. The molecule has 0 spiro atoms. The van der Waals surface area contributed by atoms with Crippen LogP contribution in [0.15, 0.2) is 0 Å². The smallest absolute Gasteiger partial charge is 1.00 e. The van der Waals surface area contributed by atoms with Crippen LogP contribution in [0.1, 0.15) is 28.6 Å². The summed E-state index contributed by atoms with van der Waals surface area (Å²) in [7, 11) is 0. The Bertz CT molecular complexity index is 73.5. The molecule has 0 amide bonds. The quantitative estimate of drug-likeness (QED) is 0.331. The van der Waals surface area contributed by atoms with Crippen LogP contribution in [0.4, 0.5) is 0 Å². The van der Waals surface area contributed by atoms with Crippen LogP contribution in [-0.4, -0.2) is 6.29 Å². The zero-order valence-corrected chi connectivity index (χ0v) is 8.19. The number of hydrogen-bond acceptors (Lipinski definition) is 1. The van der Waals surface area contributed by atoms with Gasteiger partial charge in [-0.15, -0.1) is 0 Å². The summed E-state index contributed by atoms with van der Waals surface area (Å²) in [6.07, 6.45) is 1.92. The van der Waals surface area contributed by atoms with Crippen molar-refractivity contribution < 1.29 is 35.8 Å². The molecule has 8 heavy (non-hydrogen) atoms. The first kappa shape index (κ1) is 11.5. The largest absolute Gasteiger partial charge is 1.00 e. The van der Waals surface area contributed by atoms with E-state index in [0.717, 1.165) is 12.7 Å². The molecule has 0 rings (SSSR count). The van der Waals surface area contributed by atoms with Gasteiger partial charge in [-0.3, -0.25) is 0 Å². The van der Waals surface area contributed by atoms with E-state index in [4.69, 9.17) is 0 Å². The minimum absolute atomic E-state index is 0. The van der Waals surface area contributed by atoms with Crippen LogP contribution in [0.25, 0.3) is 0 Å². The van der Waals surface area contributed by atoms with Gasteiger partial charge in [0.1, 0.15) is 6.29 Å². The molecule has 0 atom stereocenters. The van der Waals surface area contributed by atoms with Crippen LogP contribution in [0.3, 0.4) is 0 Å². The molecule has 0 heterocycles. The number of hydrogen-bond donors (Lipinski definition) is 0. The Labute approximate surface area is 74.6 Å². The fourth-order valence-corrected chi connectivity index (χ4v) is 0.0833. The van der Waals surface area contributed by atoms with Crippen LogP contribution >= 0.6 is 0 Å². The maximum atomic E-state index is 10.1. The van der Waals surface area contributed by atoms with Gasteiger partial charge in [0, 0.05) is 5.41 Å². The van der Waals surface area contributed by atoms with Crippen molar-refractivity contribution in [2.75, 3.05) is 0 Å². The molecule has 0 fully saturated rings. The van der Waals surface area contributed by atoms with Gasteiger partial charge in [-0.05, 0) is 6.42 Å². The third kappa shape index (κ3) is 4.82. The Hall–Kier alpha value is 0.670. The van der Waals surface area contributed by atoms with E-state index in [1.807, 2.05) is 20.8 Å². The van der Waals surface area contributed by atoms with Crippen LogP contribution < -0.4 is 29.6 Å². The van der Waals surface area contributed by atoms with Gasteiger partial charge >= 0.3 is 29.6 Å². The predicted molar refractivity (Wildman–Crippen MR) is 31.2 cm³/mol. The molecule has 0 aromatic carbocycles. The molecule has 0 aromatic rings. The second-order valence-electron chi connectivity index (χ2n) is 2.46. The van der Waals surface area contributed by atoms with E-state index in [1.54, 1.807) is 0 Å². The Morgan fingerprint density at radius 2 is 2.00 bits per heavy atom. The molecule has 0 N–H and O–H groups in total. The fraction of sp³-hybridized carbons (Fsp3) is 0.833. The van der Waals surface area contributed by atoms with Crippen LogP contribution in [0, 0.1) is 5.41 Å². The fourth-order valence-electron chi connectivity index (χ4n) is 0.0833. The average Bonchev–Trinajstić information content (AvgIpc) is 1.68. The van der Waals surface area contributed by atoms with Crippen LogP contribution in [-0.2, 0) is 4.79 Å². The molecule has 0 saturated carbocycles. The maximum absolute atomic E-state index is 10.1. The van der Waals surface area contributed by atoms with Gasteiger partial charge in [0.15, 0.2) is 0 Å². The van der Waals surface area contributed by atoms with Gasteiger partial charge in [-0.1, -0.05) is 20.8 Å². The van der Waals surface area contributed by atoms with Crippen molar-refractivity contribution in [2.24, 2.45) is 5.41 Å². The van der Waals surface area contributed by atoms with Crippen molar-refractivity contribution in [3.8, 4) is 0 Å². The second-order valence-corrected chi connectivity index (χ2v) is 2.46. The first-order chi connectivity index (χ1) is 3.12. The summed E-state index contributed by atoms with van der Waals surface area (Å²) >= 11 is 0. The molecule has 0 bridgehead atoms. The van der Waals surface area contributed by atoms with E-state index in [-0.39, 0.29) is 36.4 Å². The van der Waals surface area contributed by atoms with E-state index < -0.39 is 0 Å². The number of aldehydes is 1. The van der Waals surface area contributed by atoms with E-state index in [2.05, 4.69) is 0 Å². The van der Waals surface area contributed by atoms with Crippen molar-refractivity contribution in [1.82, 2.24) is 0 Å². The maximum Gasteiger partial charge on any atom is 1.00 e. The molecule has 0 aliphatic heterocycles. The minimum atomic E-state index is -0.0972. The van der Waals surface area contributed by atoms with Gasteiger partial charge in [-0.2, -0.15) is 0 Å². The van der Waals surface area contributed by atoms with Gasteiger partial charge < -0.3 is 6.22 Å². The normalized spacial score (nSPS) is 9.88. The number of rotatable bonds is 2. The third-order valence-corrected chi connectivity index (χ3v) is 1.23. The Kier molecular flexibility index (Phi) is 6.51. The topological polar surface area (TPSA) is 17.1 Å². The molecule has 44 valence electrons. The molecule has 0 aliphatic carbocycles. The van der Waals surface area contributed by atoms with E-state index >= 15 is 0 Å². The number of carbonyl (C=O) groups excluding carboxylic acids is 1. The molecule has 0 radical (unpaired) electrons. The summed E-state index contributed by atoms with van der Waals surface area (Å²) in [6.45, 7) is 5.87. The van der Waals surface area contributed by atoms with E-state index in [9.17, 15) is 4.79 Å². The molecular formula is C6H13NaO. The molecule has 1 nitrogen and oxygen atoms in total. The van der Waals surface area contributed by atoms with Gasteiger partial charge in [0.2, 0.25) is 0 Å². The standard InChI is InChI=1S/C6H12O.Na.H/c1-4-6(2,3)5-7;;/h5H,4H2,1-3H3;;/q;+1;-1. The monoisotopic (exact) mass is 124 g/mol. The molecule has 0 aromatic heterocycles. The molecular weight excluding hydrogens is 111 g/mol. The number of carbonyl (C=O) groups is 1. The van der Waals surface area contributed by atoms with Crippen molar-refractivity contribution >= 4 is 6.29 Å². The van der Waals surface area contributed by atoms with Crippen molar-refractivity contribution in [1.29, 1.82) is 0 Å². The second kappa shape index (κ2) is 4.54. The summed E-state index contributed by atoms with van der Waals surface area (Å²) in [5.74, 6) is 0. The molecule has 2 heteroatoms. The minimum Gasteiger partial charge on any atom is -1.00 e. The van der Waals surface area contributed by atoms with Gasteiger partial charge in [-0.25, -0.2) is 0 Å². The van der Waals surface area contributed by atoms with Gasteiger partial charge in [0.25, 0.3) is 0 Å². The van der Waals surface area contributed by atoms with E-state index in [0.29, 0.717) is 0 Å². The van der Waals surface area contributed by atoms with E-state index in [1.165, 1.54) is 0 Å². The first-order valence-corrected chi connectivity index (χ1v) is 2.59. The summed E-state index contributed by atoms with van der Waals surface area (Å²) < 4.78 is 0. The summed E-state index contributed by atoms with van der Waals surface area (Å²) in [4.78, 5) is 10.1. The molecule has 0 aliphatic rings. The van der Waals surface area contributed by atoms with Crippen LogP contribution in [0.2, 0.25) is 0 Å². The SMILES string of the molecule is CCC(C)(C)C=O.[H-].[Na+]. The summed E-state index contributed by atoms with van der Waals surface area (Å²) in [5, 5.41) is 0. The third-order valence-electron chi connectivity index (χ3n) is 1.23. The van der Waals surface area contributed by atoms with Crippen LogP contribution in [0.5, 0.6) is 0 Å². The zero-order chi connectivity index (χ0) is 5.91. The van der Waals surface area contributed by atoms with Crippen molar-refractivity contribution in [3.63, 3.8) is 0 Å². The Balaban J connectivity index is -0.000000180.